The van der Waals surface area contributed by atoms with Crippen LogP contribution in [0.5, 0.6) is 0 Å². The smallest absolute Gasteiger partial charge is 0.0701 e. The van der Waals surface area contributed by atoms with Crippen LogP contribution in [0, 0.1) is 0 Å². The predicted octanol–water partition coefficient (Wildman–Crippen LogP) is 2.00. The molecule has 0 aliphatic carbocycles. The predicted molar refractivity (Wildman–Crippen MR) is 81.1 cm³/mol. The third-order valence-electron chi connectivity index (χ3n) is 2.33. The van der Waals surface area contributed by atoms with E-state index >= 15 is 0 Å². The van der Waals surface area contributed by atoms with Crippen LogP contribution in [0.4, 0.5) is 0 Å². The van der Waals surface area contributed by atoms with Gasteiger partial charge in [0, 0.05) is 13.2 Å². The Balaban J connectivity index is 0. The molecule has 0 rings (SSSR count). The molecule has 0 saturated carbocycles. The Kier molecular flexibility index (Phi) is 26.4. The molecular weight excluding hydrogens is 260 g/mol. The molecule has 0 saturated heterocycles. The van der Waals surface area contributed by atoms with Crippen molar-refractivity contribution in [3.63, 3.8) is 0 Å². The van der Waals surface area contributed by atoms with E-state index in [9.17, 15) is 0 Å². The van der Waals surface area contributed by atoms with Crippen LogP contribution in [0.3, 0.4) is 0 Å². The molecule has 20 heavy (non-hydrogen) atoms. The molecule has 0 fully saturated rings. The molecule has 0 amide bonds. The molecule has 0 spiro atoms. The fourth-order valence-electron chi connectivity index (χ4n) is 1.33. The van der Waals surface area contributed by atoms with Crippen LogP contribution in [-0.4, -0.2) is 63.1 Å². The van der Waals surface area contributed by atoms with Crippen LogP contribution < -0.4 is 0 Å². The number of hydrogen-bond donors (Lipinski definition) is 2. The lowest BCUT2D eigenvalue weighted by molar-refractivity contribution is 0.0222. The molecule has 0 aromatic carbocycles. The maximum atomic E-state index is 8.26. The van der Waals surface area contributed by atoms with Gasteiger partial charge in [-0.2, -0.15) is 0 Å². The van der Waals surface area contributed by atoms with E-state index in [2.05, 4.69) is 13.8 Å². The molecule has 0 aromatic rings. The number of ether oxygens (including phenoxy) is 3. The van der Waals surface area contributed by atoms with Gasteiger partial charge in [0.1, 0.15) is 0 Å². The van der Waals surface area contributed by atoms with Crippen molar-refractivity contribution >= 4 is 0 Å². The van der Waals surface area contributed by atoms with E-state index in [-0.39, 0.29) is 13.2 Å². The van der Waals surface area contributed by atoms with Crippen LogP contribution in [0.25, 0.3) is 0 Å². The van der Waals surface area contributed by atoms with Gasteiger partial charge in [-0.3, -0.25) is 0 Å². The van der Waals surface area contributed by atoms with Crippen molar-refractivity contribution < 1.29 is 24.4 Å². The highest BCUT2D eigenvalue weighted by molar-refractivity contribution is 4.38. The van der Waals surface area contributed by atoms with Crippen molar-refractivity contribution in [3.05, 3.63) is 0 Å². The Labute approximate surface area is 124 Å². The summed E-state index contributed by atoms with van der Waals surface area (Å²) in [6, 6.07) is 0. The van der Waals surface area contributed by atoms with Gasteiger partial charge in [-0.1, -0.05) is 33.1 Å². The van der Waals surface area contributed by atoms with Gasteiger partial charge in [0.05, 0.1) is 39.6 Å². The van der Waals surface area contributed by atoms with Crippen molar-refractivity contribution in [2.45, 2.75) is 46.0 Å². The minimum absolute atomic E-state index is 0.0417. The second-order valence-electron chi connectivity index (χ2n) is 4.34. The first kappa shape index (κ1) is 22.1. The lowest BCUT2D eigenvalue weighted by Crippen LogP contribution is -2.09. The van der Waals surface area contributed by atoms with Crippen LogP contribution in [-0.2, 0) is 14.2 Å². The van der Waals surface area contributed by atoms with Gasteiger partial charge in [-0.25, -0.2) is 0 Å². The first-order valence-electron chi connectivity index (χ1n) is 7.78. The molecular formula is C15H34O5. The summed E-state index contributed by atoms with van der Waals surface area (Å²) in [7, 11) is 0. The van der Waals surface area contributed by atoms with Crippen molar-refractivity contribution in [1.82, 2.24) is 0 Å². The zero-order valence-corrected chi connectivity index (χ0v) is 13.3. The van der Waals surface area contributed by atoms with Gasteiger partial charge in [0.2, 0.25) is 0 Å². The average Bonchev–Trinajstić information content (AvgIpc) is 2.47. The first-order chi connectivity index (χ1) is 9.83. The molecule has 0 aliphatic heterocycles. The van der Waals surface area contributed by atoms with E-state index in [0.29, 0.717) is 26.4 Å². The highest BCUT2D eigenvalue weighted by atomic mass is 16.5. The van der Waals surface area contributed by atoms with Gasteiger partial charge in [0.25, 0.3) is 0 Å². The van der Waals surface area contributed by atoms with Crippen molar-refractivity contribution in [1.29, 1.82) is 0 Å². The van der Waals surface area contributed by atoms with Gasteiger partial charge in [0.15, 0.2) is 0 Å². The molecule has 0 atom stereocenters. The van der Waals surface area contributed by atoms with Crippen LogP contribution in [0.2, 0.25) is 0 Å². The number of aliphatic hydroxyl groups is 2. The van der Waals surface area contributed by atoms with Crippen molar-refractivity contribution in [3.8, 4) is 0 Å². The number of unbranched alkanes of at least 4 members (excludes halogenated alkanes) is 3. The molecule has 0 radical (unpaired) electrons. The summed E-state index contributed by atoms with van der Waals surface area (Å²) in [6.45, 7) is 8.00. The largest absolute Gasteiger partial charge is 0.394 e. The average molecular weight is 294 g/mol. The Morgan fingerprint density at radius 1 is 0.550 bits per heavy atom. The summed E-state index contributed by atoms with van der Waals surface area (Å²) in [6.07, 6.45) is 6.39. The summed E-state index contributed by atoms with van der Waals surface area (Å²) < 4.78 is 15.1. The topological polar surface area (TPSA) is 68.2 Å². The van der Waals surface area contributed by atoms with E-state index in [1.807, 2.05) is 0 Å². The lowest BCUT2D eigenvalue weighted by atomic mass is 10.2. The molecule has 0 aromatic heterocycles. The number of aliphatic hydroxyl groups excluding tert-OH is 2. The van der Waals surface area contributed by atoms with Crippen LogP contribution in [0.15, 0.2) is 0 Å². The zero-order valence-electron chi connectivity index (χ0n) is 13.3. The molecule has 0 aliphatic rings. The summed E-state index contributed by atoms with van der Waals surface area (Å²) >= 11 is 0. The third kappa shape index (κ3) is 26.4. The minimum Gasteiger partial charge on any atom is -0.394 e. The second kappa shape index (κ2) is 23.9. The molecule has 0 heterocycles. The number of hydrogen-bond acceptors (Lipinski definition) is 5. The summed E-state index contributed by atoms with van der Waals surface area (Å²) in [5, 5.41) is 16.5. The van der Waals surface area contributed by atoms with E-state index in [0.717, 1.165) is 19.6 Å². The van der Waals surface area contributed by atoms with Gasteiger partial charge >= 0.3 is 0 Å². The molecule has 0 unspecified atom stereocenters. The minimum atomic E-state index is 0.0417. The fourth-order valence-corrected chi connectivity index (χ4v) is 1.33. The van der Waals surface area contributed by atoms with E-state index in [1.54, 1.807) is 0 Å². The Hall–Kier alpha value is -0.200. The second-order valence-corrected chi connectivity index (χ2v) is 4.34. The van der Waals surface area contributed by atoms with E-state index < -0.39 is 0 Å². The van der Waals surface area contributed by atoms with Crippen molar-refractivity contribution in [2.24, 2.45) is 0 Å². The normalized spacial score (nSPS) is 10.2. The summed E-state index contributed by atoms with van der Waals surface area (Å²) in [5.41, 5.74) is 0. The summed E-state index contributed by atoms with van der Waals surface area (Å²) in [4.78, 5) is 0. The van der Waals surface area contributed by atoms with Crippen LogP contribution >= 0.6 is 0 Å². The van der Waals surface area contributed by atoms with Gasteiger partial charge < -0.3 is 24.4 Å². The van der Waals surface area contributed by atoms with E-state index in [1.165, 1.54) is 25.7 Å². The molecule has 2 N–H and O–H groups in total. The first-order valence-corrected chi connectivity index (χ1v) is 7.78. The maximum Gasteiger partial charge on any atom is 0.0701 e. The highest BCUT2D eigenvalue weighted by Crippen LogP contribution is 1.98. The monoisotopic (exact) mass is 294 g/mol. The molecule has 124 valence electrons. The Morgan fingerprint density at radius 3 is 1.55 bits per heavy atom. The fraction of sp³-hybridized carbons (Fsp3) is 1.00. The zero-order chi connectivity index (χ0) is 15.3. The van der Waals surface area contributed by atoms with Crippen LogP contribution in [0.1, 0.15) is 46.0 Å². The third-order valence-corrected chi connectivity index (χ3v) is 2.33. The SMILES string of the molecule is CCCCCCOCCC.OCCOCCOCCO. The lowest BCUT2D eigenvalue weighted by Gasteiger charge is -2.01. The molecule has 5 nitrogen and oxygen atoms in total. The standard InChI is InChI=1S/C9H20O.C6H14O4/c1-3-5-6-7-9-10-8-4-2;7-1-3-9-5-6-10-4-2-8/h3-9H2,1-2H3;7-8H,1-6H2. The Bertz CT molecular complexity index is 112. The number of rotatable bonds is 14. The van der Waals surface area contributed by atoms with Gasteiger partial charge in [-0.15, -0.1) is 0 Å². The molecule has 0 bridgehead atoms. The van der Waals surface area contributed by atoms with Crippen molar-refractivity contribution in [2.75, 3.05) is 52.9 Å². The maximum absolute atomic E-state index is 8.26. The molecule has 5 heteroatoms. The van der Waals surface area contributed by atoms with Gasteiger partial charge in [-0.05, 0) is 12.8 Å². The summed E-state index contributed by atoms with van der Waals surface area (Å²) in [5.74, 6) is 0. The Morgan fingerprint density at radius 2 is 1.10 bits per heavy atom. The highest BCUT2D eigenvalue weighted by Gasteiger charge is 1.87. The quantitative estimate of drug-likeness (QED) is 0.480. The van der Waals surface area contributed by atoms with E-state index in [4.69, 9.17) is 24.4 Å².